The molecule has 0 fully saturated rings. The Morgan fingerprint density at radius 2 is 1.19 bits per heavy atom. The summed E-state index contributed by atoms with van der Waals surface area (Å²) < 4.78 is 10.7. The van der Waals surface area contributed by atoms with Gasteiger partial charge >= 0.3 is 0 Å². The zero-order valence-electron chi connectivity index (χ0n) is 17.6. The van der Waals surface area contributed by atoms with E-state index in [0.29, 0.717) is 0 Å². The van der Waals surface area contributed by atoms with Gasteiger partial charge < -0.3 is 14.6 Å². The van der Waals surface area contributed by atoms with Crippen LogP contribution in [0, 0.1) is 0 Å². The molecule has 1 aromatic heterocycles. The Labute approximate surface area is 182 Å². The van der Waals surface area contributed by atoms with Gasteiger partial charge in [0.15, 0.2) is 0 Å². The highest BCUT2D eigenvalue weighted by Crippen LogP contribution is 2.46. The zero-order chi connectivity index (χ0) is 21.7. The number of rotatable bonds is 7. The van der Waals surface area contributed by atoms with Crippen molar-refractivity contribution in [2.45, 2.75) is 11.5 Å². The lowest BCUT2D eigenvalue weighted by molar-refractivity contribution is 0.0611. The first kappa shape index (κ1) is 20.6. The van der Waals surface area contributed by atoms with E-state index in [1.165, 1.54) is 0 Å². The maximum Gasteiger partial charge on any atom is 0.127 e. The van der Waals surface area contributed by atoms with Crippen LogP contribution in [-0.4, -0.2) is 24.3 Å². The normalized spacial score (nSPS) is 12.2. The van der Waals surface area contributed by atoms with Gasteiger partial charge in [-0.1, -0.05) is 60.7 Å². The summed E-state index contributed by atoms with van der Waals surface area (Å²) in [6, 6.07) is 30.8. The Kier molecular flexibility index (Phi) is 6.01. The maximum atomic E-state index is 12.5. The van der Waals surface area contributed by atoms with Gasteiger partial charge in [-0.2, -0.15) is 0 Å². The van der Waals surface area contributed by atoms with Gasteiger partial charge in [0.05, 0.1) is 25.8 Å². The van der Waals surface area contributed by atoms with Gasteiger partial charge in [0.2, 0.25) is 0 Å². The van der Waals surface area contributed by atoms with Crippen LogP contribution in [0.25, 0.3) is 0 Å². The first-order valence-electron chi connectivity index (χ1n) is 10.1. The quantitative estimate of drug-likeness (QED) is 0.456. The van der Waals surface area contributed by atoms with Crippen molar-refractivity contribution >= 4 is 0 Å². The van der Waals surface area contributed by atoms with E-state index in [1.54, 1.807) is 20.4 Å². The number of pyridine rings is 1. The Bertz CT molecular complexity index is 1010. The molecule has 0 radical (unpaired) electrons. The molecule has 0 aliphatic heterocycles. The topological polar surface area (TPSA) is 51.6 Å². The number of methoxy groups -OCH3 is 2. The summed E-state index contributed by atoms with van der Waals surface area (Å²) in [6.45, 7) is 0. The third kappa shape index (κ3) is 4.03. The van der Waals surface area contributed by atoms with Crippen LogP contribution >= 0.6 is 0 Å². The first-order valence-corrected chi connectivity index (χ1v) is 10.1. The van der Waals surface area contributed by atoms with Gasteiger partial charge in [-0.3, -0.25) is 4.98 Å². The molecule has 1 atom stereocenters. The van der Waals surface area contributed by atoms with Crippen LogP contribution in [0.4, 0.5) is 0 Å². The fourth-order valence-corrected chi connectivity index (χ4v) is 4.01. The molecule has 0 spiro atoms. The van der Waals surface area contributed by atoms with Gasteiger partial charge in [0.1, 0.15) is 17.1 Å². The Balaban J connectivity index is 1.98. The lowest BCUT2D eigenvalue weighted by atomic mass is 9.71. The SMILES string of the molecule is COc1ccc(C(O)(c2ccc(OC)cc2)C(c2ccccc2)c2ccccn2)cc1. The van der Waals surface area contributed by atoms with E-state index in [4.69, 9.17) is 9.47 Å². The molecule has 4 aromatic rings. The standard InChI is InChI=1S/C27H25NO3/c1-30-23-15-11-21(12-16-23)27(29,22-13-17-24(31-2)18-14-22)26(20-8-4-3-5-9-20)25-10-6-7-19-28-25/h3-19,26,29H,1-2H3. The summed E-state index contributed by atoms with van der Waals surface area (Å²) in [5.41, 5.74) is 1.86. The van der Waals surface area contributed by atoms with Gasteiger partial charge in [0, 0.05) is 6.20 Å². The number of ether oxygens (including phenoxy) is 2. The molecule has 0 aliphatic carbocycles. The van der Waals surface area contributed by atoms with Gasteiger partial charge in [-0.15, -0.1) is 0 Å². The highest BCUT2D eigenvalue weighted by atomic mass is 16.5. The van der Waals surface area contributed by atoms with E-state index in [9.17, 15) is 5.11 Å². The van der Waals surface area contributed by atoms with Crippen molar-refractivity contribution in [1.82, 2.24) is 4.98 Å². The molecular weight excluding hydrogens is 386 g/mol. The first-order chi connectivity index (χ1) is 15.2. The molecule has 0 saturated carbocycles. The van der Waals surface area contributed by atoms with Gasteiger partial charge in [0.25, 0.3) is 0 Å². The molecule has 1 N–H and O–H groups in total. The van der Waals surface area contributed by atoms with E-state index < -0.39 is 11.5 Å². The molecule has 1 unspecified atom stereocenters. The molecular formula is C27H25NO3. The number of aliphatic hydroxyl groups is 1. The van der Waals surface area contributed by atoms with Crippen LogP contribution in [0.2, 0.25) is 0 Å². The van der Waals surface area contributed by atoms with Crippen molar-refractivity contribution in [2.75, 3.05) is 14.2 Å². The van der Waals surface area contributed by atoms with Crippen LogP contribution in [0.1, 0.15) is 28.3 Å². The molecule has 1 heterocycles. The number of aromatic nitrogens is 1. The summed E-state index contributed by atoms with van der Waals surface area (Å²) >= 11 is 0. The van der Waals surface area contributed by atoms with Crippen LogP contribution in [0.15, 0.2) is 103 Å². The van der Waals surface area contributed by atoms with Crippen LogP contribution < -0.4 is 9.47 Å². The predicted molar refractivity (Wildman–Crippen MR) is 122 cm³/mol. The summed E-state index contributed by atoms with van der Waals surface area (Å²) in [4.78, 5) is 4.63. The van der Waals surface area contributed by atoms with Crippen molar-refractivity contribution in [3.63, 3.8) is 0 Å². The Hall–Kier alpha value is -3.63. The highest BCUT2D eigenvalue weighted by molar-refractivity contribution is 5.48. The average Bonchev–Trinajstić information content (AvgIpc) is 2.85. The highest BCUT2D eigenvalue weighted by Gasteiger charge is 2.43. The summed E-state index contributed by atoms with van der Waals surface area (Å²) in [7, 11) is 3.26. The largest absolute Gasteiger partial charge is 0.497 e. The smallest absolute Gasteiger partial charge is 0.127 e. The van der Waals surface area contributed by atoms with Gasteiger partial charge in [-0.25, -0.2) is 0 Å². The monoisotopic (exact) mass is 411 g/mol. The molecule has 0 bridgehead atoms. The molecule has 0 amide bonds. The lowest BCUT2D eigenvalue weighted by Gasteiger charge is -2.37. The second-order valence-electron chi connectivity index (χ2n) is 7.32. The van der Waals surface area contributed by atoms with Crippen molar-refractivity contribution in [2.24, 2.45) is 0 Å². The summed E-state index contributed by atoms with van der Waals surface area (Å²) in [5, 5.41) is 12.5. The van der Waals surface area contributed by atoms with Gasteiger partial charge in [-0.05, 0) is 53.1 Å². The lowest BCUT2D eigenvalue weighted by Crippen LogP contribution is -2.36. The summed E-state index contributed by atoms with van der Waals surface area (Å²) in [6.07, 6.45) is 1.76. The van der Waals surface area contributed by atoms with E-state index >= 15 is 0 Å². The van der Waals surface area contributed by atoms with Crippen molar-refractivity contribution in [1.29, 1.82) is 0 Å². The maximum absolute atomic E-state index is 12.5. The minimum Gasteiger partial charge on any atom is -0.497 e. The molecule has 0 aliphatic rings. The fourth-order valence-electron chi connectivity index (χ4n) is 4.01. The van der Waals surface area contributed by atoms with Crippen LogP contribution in [0.5, 0.6) is 11.5 Å². The molecule has 0 saturated heterocycles. The van der Waals surface area contributed by atoms with Crippen molar-refractivity contribution in [3.8, 4) is 11.5 Å². The summed E-state index contributed by atoms with van der Waals surface area (Å²) in [5.74, 6) is 1.03. The predicted octanol–water partition coefficient (Wildman–Crippen LogP) is 5.17. The van der Waals surface area contributed by atoms with Crippen LogP contribution in [-0.2, 0) is 5.60 Å². The molecule has 4 nitrogen and oxygen atoms in total. The van der Waals surface area contributed by atoms with E-state index in [1.807, 2.05) is 97.1 Å². The molecule has 4 rings (SSSR count). The zero-order valence-corrected chi connectivity index (χ0v) is 17.6. The molecule has 3 aromatic carbocycles. The number of nitrogens with zero attached hydrogens (tertiary/aromatic N) is 1. The molecule has 156 valence electrons. The van der Waals surface area contributed by atoms with E-state index in [-0.39, 0.29) is 0 Å². The fraction of sp³-hybridized carbons (Fsp3) is 0.148. The number of hydrogen-bond donors (Lipinski definition) is 1. The second-order valence-corrected chi connectivity index (χ2v) is 7.32. The Morgan fingerprint density at radius 3 is 1.65 bits per heavy atom. The third-order valence-corrected chi connectivity index (χ3v) is 5.59. The average molecular weight is 412 g/mol. The minimum atomic E-state index is -1.38. The minimum absolute atomic E-state index is 0.434. The number of benzene rings is 3. The van der Waals surface area contributed by atoms with Crippen LogP contribution in [0.3, 0.4) is 0 Å². The number of hydrogen-bond acceptors (Lipinski definition) is 4. The molecule has 4 heteroatoms. The second kappa shape index (κ2) is 9.02. The van der Waals surface area contributed by atoms with Crippen molar-refractivity contribution in [3.05, 3.63) is 126 Å². The van der Waals surface area contributed by atoms with E-state index in [2.05, 4.69) is 4.98 Å². The Morgan fingerprint density at radius 1 is 0.677 bits per heavy atom. The third-order valence-electron chi connectivity index (χ3n) is 5.59. The van der Waals surface area contributed by atoms with E-state index in [0.717, 1.165) is 33.9 Å². The van der Waals surface area contributed by atoms with Crippen molar-refractivity contribution < 1.29 is 14.6 Å². The molecule has 31 heavy (non-hydrogen) atoms.